The van der Waals surface area contributed by atoms with Gasteiger partial charge >= 0.3 is 0 Å². The second kappa shape index (κ2) is 13.4. The minimum absolute atomic E-state index is 0. The first-order chi connectivity index (χ1) is 12.7. The molecular formula is C21H32IN5. The van der Waals surface area contributed by atoms with E-state index >= 15 is 0 Å². The monoisotopic (exact) mass is 481 g/mol. The molecule has 2 rings (SSSR count). The largest absolute Gasteiger partial charge is 0.349 e. The van der Waals surface area contributed by atoms with Crippen molar-refractivity contribution < 1.29 is 0 Å². The van der Waals surface area contributed by atoms with Crippen LogP contribution in [0, 0.1) is 0 Å². The molecule has 27 heavy (non-hydrogen) atoms. The van der Waals surface area contributed by atoms with Crippen LogP contribution < -0.4 is 5.32 Å². The maximum absolute atomic E-state index is 4.49. The van der Waals surface area contributed by atoms with Gasteiger partial charge in [0.15, 0.2) is 5.96 Å². The summed E-state index contributed by atoms with van der Waals surface area (Å²) < 4.78 is 2.17. The summed E-state index contributed by atoms with van der Waals surface area (Å²) in [5, 5.41) is 3.43. The molecule has 1 N–H and O–H groups in total. The summed E-state index contributed by atoms with van der Waals surface area (Å²) in [5.41, 5.74) is 1.27. The molecule has 6 heteroatoms. The van der Waals surface area contributed by atoms with Crippen molar-refractivity contribution in [1.82, 2.24) is 19.8 Å². The van der Waals surface area contributed by atoms with Crippen LogP contribution in [0.2, 0.25) is 0 Å². The number of halogens is 1. The van der Waals surface area contributed by atoms with Crippen molar-refractivity contribution in [2.24, 2.45) is 4.99 Å². The number of allylic oxidation sites excluding steroid dienone is 1. The Bertz CT molecular complexity index is 681. The molecule has 0 atom stereocenters. The predicted octanol–water partition coefficient (Wildman–Crippen LogP) is 4.30. The SMILES string of the molecule is C=CCCCCCN(C)C(=NC)NCc1nccn1Cc1ccccc1.I. The molecule has 0 spiro atoms. The van der Waals surface area contributed by atoms with Gasteiger partial charge in [-0.2, -0.15) is 0 Å². The number of nitrogens with one attached hydrogen (secondary N) is 1. The molecule has 0 saturated heterocycles. The Morgan fingerprint density at radius 1 is 1.26 bits per heavy atom. The Hall–Kier alpha value is -1.83. The van der Waals surface area contributed by atoms with Crippen LogP contribution in [0.3, 0.4) is 0 Å². The molecule has 0 radical (unpaired) electrons. The molecule has 1 aromatic heterocycles. The smallest absolute Gasteiger partial charge is 0.193 e. The molecule has 0 aliphatic rings. The average molecular weight is 481 g/mol. The third-order valence-electron chi connectivity index (χ3n) is 4.38. The van der Waals surface area contributed by atoms with Gasteiger partial charge in [0.25, 0.3) is 0 Å². The zero-order valence-electron chi connectivity index (χ0n) is 16.5. The summed E-state index contributed by atoms with van der Waals surface area (Å²) in [6, 6.07) is 10.4. The fourth-order valence-corrected chi connectivity index (χ4v) is 2.89. The number of nitrogens with zero attached hydrogens (tertiary/aromatic N) is 4. The van der Waals surface area contributed by atoms with E-state index in [4.69, 9.17) is 0 Å². The van der Waals surface area contributed by atoms with E-state index in [1.807, 2.05) is 31.6 Å². The first kappa shape index (κ1) is 23.2. The Morgan fingerprint density at radius 2 is 2.04 bits per heavy atom. The lowest BCUT2D eigenvalue weighted by atomic mass is 10.2. The van der Waals surface area contributed by atoms with Crippen molar-refractivity contribution in [2.45, 2.75) is 38.8 Å². The summed E-state index contributed by atoms with van der Waals surface area (Å²) in [7, 11) is 3.91. The molecule has 0 saturated carbocycles. The fraction of sp³-hybridized carbons (Fsp3) is 0.429. The van der Waals surface area contributed by atoms with Crippen LogP contribution in [0.15, 0.2) is 60.4 Å². The highest BCUT2D eigenvalue weighted by molar-refractivity contribution is 14.0. The van der Waals surface area contributed by atoms with E-state index < -0.39 is 0 Å². The lowest BCUT2D eigenvalue weighted by Crippen LogP contribution is -2.39. The lowest BCUT2D eigenvalue weighted by Gasteiger charge is -2.22. The molecule has 1 aromatic carbocycles. The minimum atomic E-state index is 0. The van der Waals surface area contributed by atoms with E-state index in [-0.39, 0.29) is 24.0 Å². The van der Waals surface area contributed by atoms with E-state index in [2.05, 4.69) is 62.7 Å². The number of rotatable bonds is 10. The highest BCUT2D eigenvalue weighted by atomic mass is 127. The van der Waals surface area contributed by atoms with Crippen molar-refractivity contribution in [3.8, 4) is 0 Å². The van der Waals surface area contributed by atoms with E-state index in [0.29, 0.717) is 6.54 Å². The Kier molecular flexibility index (Phi) is 11.5. The molecule has 0 fully saturated rings. The Morgan fingerprint density at radius 3 is 2.74 bits per heavy atom. The number of aliphatic imine (C=N–C) groups is 1. The van der Waals surface area contributed by atoms with E-state index in [9.17, 15) is 0 Å². The summed E-state index contributed by atoms with van der Waals surface area (Å²) in [6.07, 6.45) is 10.5. The van der Waals surface area contributed by atoms with E-state index in [1.54, 1.807) is 0 Å². The Labute approximate surface area is 180 Å². The number of hydrogen-bond acceptors (Lipinski definition) is 2. The number of hydrogen-bond donors (Lipinski definition) is 1. The van der Waals surface area contributed by atoms with Crippen molar-refractivity contribution in [3.05, 3.63) is 66.8 Å². The summed E-state index contributed by atoms with van der Waals surface area (Å²) in [6.45, 7) is 6.25. The van der Waals surface area contributed by atoms with E-state index in [0.717, 1.165) is 37.7 Å². The van der Waals surface area contributed by atoms with E-state index in [1.165, 1.54) is 18.4 Å². The van der Waals surface area contributed by atoms with Crippen LogP contribution in [0.1, 0.15) is 37.1 Å². The quantitative estimate of drug-likeness (QED) is 0.181. The number of imidazole rings is 1. The van der Waals surface area contributed by atoms with Crippen molar-refractivity contribution in [1.29, 1.82) is 0 Å². The number of benzene rings is 1. The fourth-order valence-electron chi connectivity index (χ4n) is 2.89. The number of unbranched alkanes of at least 4 members (excludes halogenated alkanes) is 3. The third-order valence-corrected chi connectivity index (χ3v) is 4.38. The second-order valence-electron chi connectivity index (χ2n) is 6.42. The zero-order valence-corrected chi connectivity index (χ0v) is 18.8. The minimum Gasteiger partial charge on any atom is -0.349 e. The molecule has 148 valence electrons. The average Bonchev–Trinajstić information content (AvgIpc) is 3.10. The van der Waals surface area contributed by atoms with Crippen LogP contribution >= 0.6 is 24.0 Å². The number of guanidine groups is 1. The third kappa shape index (κ3) is 8.15. The van der Waals surface area contributed by atoms with Gasteiger partial charge in [0, 0.05) is 39.6 Å². The maximum Gasteiger partial charge on any atom is 0.193 e. The number of aromatic nitrogens is 2. The molecule has 0 bridgehead atoms. The molecule has 2 aromatic rings. The van der Waals surface area contributed by atoms with Crippen molar-refractivity contribution >= 4 is 29.9 Å². The summed E-state index contributed by atoms with van der Waals surface area (Å²) in [4.78, 5) is 11.1. The standard InChI is InChI=1S/C21H31N5.HI/c1-4-5-6-7-11-15-25(3)21(22-2)24-17-20-23-14-16-26(20)18-19-12-9-8-10-13-19;/h4,8-10,12-14,16H,1,5-7,11,15,17-18H2,2-3H3,(H,22,24);1H. The second-order valence-corrected chi connectivity index (χ2v) is 6.42. The van der Waals surface area contributed by atoms with Gasteiger partial charge in [0.05, 0.1) is 6.54 Å². The predicted molar refractivity (Wildman–Crippen MR) is 125 cm³/mol. The Balaban J connectivity index is 0.00000364. The van der Waals surface area contributed by atoms with Crippen LogP contribution in [-0.2, 0) is 13.1 Å². The zero-order chi connectivity index (χ0) is 18.6. The van der Waals surface area contributed by atoms with Crippen LogP contribution in [0.4, 0.5) is 0 Å². The van der Waals surface area contributed by atoms with Gasteiger partial charge in [0.1, 0.15) is 5.82 Å². The van der Waals surface area contributed by atoms with Gasteiger partial charge in [-0.25, -0.2) is 4.98 Å². The van der Waals surface area contributed by atoms with Gasteiger partial charge in [-0.3, -0.25) is 4.99 Å². The highest BCUT2D eigenvalue weighted by Crippen LogP contribution is 2.06. The van der Waals surface area contributed by atoms with Gasteiger partial charge in [0.2, 0.25) is 0 Å². The lowest BCUT2D eigenvalue weighted by molar-refractivity contribution is 0.453. The maximum atomic E-state index is 4.49. The molecule has 0 amide bonds. The van der Waals surface area contributed by atoms with Gasteiger partial charge < -0.3 is 14.8 Å². The summed E-state index contributed by atoms with van der Waals surface area (Å²) >= 11 is 0. The van der Waals surface area contributed by atoms with Crippen LogP contribution in [-0.4, -0.2) is 41.1 Å². The normalized spacial score (nSPS) is 11.0. The van der Waals surface area contributed by atoms with Gasteiger partial charge in [-0.05, 0) is 24.8 Å². The topological polar surface area (TPSA) is 45.4 Å². The first-order valence-corrected chi connectivity index (χ1v) is 9.31. The molecule has 0 unspecified atom stereocenters. The van der Waals surface area contributed by atoms with Gasteiger partial charge in [-0.1, -0.05) is 42.8 Å². The molecule has 0 aliphatic heterocycles. The van der Waals surface area contributed by atoms with Crippen molar-refractivity contribution in [2.75, 3.05) is 20.6 Å². The summed E-state index contributed by atoms with van der Waals surface area (Å²) in [5.74, 6) is 1.91. The molecule has 0 aliphatic carbocycles. The molecule has 5 nitrogen and oxygen atoms in total. The first-order valence-electron chi connectivity index (χ1n) is 9.31. The molecular weight excluding hydrogens is 449 g/mol. The van der Waals surface area contributed by atoms with Crippen molar-refractivity contribution in [3.63, 3.8) is 0 Å². The van der Waals surface area contributed by atoms with Gasteiger partial charge in [-0.15, -0.1) is 30.6 Å². The highest BCUT2D eigenvalue weighted by Gasteiger charge is 2.08. The molecule has 1 heterocycles. The van der Waals surface area contributed by atoms with Crippen LogP contribution in [0.25, 0.3) is 0 Å². The van der Waals surface area contributed by atoms with Crippen LogP contribution in [0.5, 0.6) is 0 Å².